The predicted molar refractivity (Wildman–Crippen MR) is 83.4 cm³/mol. The predicted octanol–water partition coefficient (Wildman–Crippen LogP) is 1.69. The molecule has 2 N–H and O–H groups in total. The molecule has 6 nitrogen and oxygen atoms in total. The Morgan fingerprint density at radius 2 is 2.13 bits per heavy atom. The zero-order valence-corrected chi connectivity index (χ0v) is 14.1. The molecule has 1 aromatic carbocycles. The minimum Gasteiger partial charge on any atom is -0.480 e. The maximum Gasteiger partial charge on any atom is 0.317 e. The maximum absolute atomic E-state index is 13.7. The van der Waals surface area contributed by atoms with Crippen LogP contribution in [0.1, 0.15) is 19.8 Å². The standard InChI is InChI=1S/C14H18ClFN2O4S/c1-2-18(8-14(19)20)11-6-10(7-11)17-23(21,22)13-4-3-9(15)5-12(13)16/h3-5,10-11,17H,2,6-8H2,1H3,(H,19,20). The van der Waals surface area contributed by atoms with Crippen molar-refractivity contribution in [3.8, 4) is 0 Å². The summed E-state index contributed by atoms with van der Waals surface area (Å²) < 4.78 is 40.6. The SMILES string of the molecule is CCN(CC(=O)O)C1CC(NS(=O)(=O)c2ccc(Cl)cc2F)C1. The van der Waals surface area contributed by atoms with E-state index in [0.717, 1.165) is 12.1 Å². The van der Waals surface area contributed by atoms with Gasteiger partial charge in [0.15, 0.2) is 0 Å². The monoisotopic (exact) mass is 364 g/mol. The summed E-state index contributed by atoms with van der Waals surface area (Å²) in [5.41, 5.74) is 0. The highest BCUT2D eigenvalue weighted by Crippen LogP contribution is 2.28. The number of nitrogens with zero attached hydrogens (tertiary/aromatic N) is 1. The number of sulfonamides is 1. The fourth-order valence-corrected chi connectivity index (χ4v) is 4.11. The van der Waals surface area contributed by atoms with Crippen molar-refractivity contribution in [1.82, 2.24) is 9.62 Å². The number of halogens is 2. The van der Waals surface area contributed by atoms with E-state index in [2.05, 4.69) is 4.72 Å². The molecule has 128 valence electrons. The minimum atomic E-state index is -3.97. The number of hydrogen-bond acceptors (Lipinski definition) is 4. The molecule has 23 heavy (non-hydrogen) atoms. The van der Waals surface area contributed by atoms with Crippen molar-refractivity contribution in [3.05, 3.63) is 29.0 Å². The average Bonchev–Trinajstić information content (AvgIpc) is 2.39. The summed E-state index contributed by atoms with van der Waals surface area (Å²) in [7, 11) is -3.97. The van der Waals surface area contributed by atoms with Crippen LogP contribution in [-0.4, -0.2) is 49.6 Å². The lowest BCUT2D eigenvalue weighted by Crippen LogP contribution is -2.54. The van der Waals surface area contributed by atoms with Gasteiger partial charge in [0.05, 0.1) is 6.54 Å². The number of aliphatic carboxylic acids is 1. The molecule has 0 amide bonds. The van der Waals surface area contributed by atoms with E-state index in [9.17, 15) is 17.6 Å². The number of carbonyl (C=O) groups is 1. The fraction of sp³-hybridized carbons (Fsp3) is 0.500. The normalized spacial score (nSPS) is 21.2. The van der Waals surface area contributed by atoms with Gasteiger partial charge in [0, 0.05) is 17.1 Å². The minimum absolute atomic E-state index is 0.0128. The first kappa shape index (κ1) is 18.1. The number of nitrogens with one attached hydrogen (secondary N) is 1. The van der Waals surface area contributed by atoms with Crippen LogP contribution >= 0.6 is 11.6 Å². The van der Waals surface area contributed by atoms with Crippen LogP contribution in [0.4, 0.5) is 4.39 Å². The first-order chi connectivity index (χ1) is 10.7. The van der Waals surface area contributed by atoms with Crippen molar-refractivity contribution < 1.29 is 22.7 Å². The van der Waals surface area contributed by atoms with Crippen molar-refractivity contribution in [1.29, 1.82) is 0 Å². The smallest absolute Gasteiger partial charge is 0.317 e. The van der Waals surface area contributed by atoms with E-state index in [-0.39, 0.29) is 23.7 Å². The van der Waals surface area contributed by atoms with Gasteiger partial charge in [0.1, 0.15) is 10.7 Å². The van der Waals surface area contributed by atoms with E-state index in [4.69, 9.17) is 16.7 Å². The third kappa shape index (κ3) is 4.41. The molecule has 1 aliphatic carbocycles. The van der Waals surface area contributed by atoms with Gasteiger partial charge in [-0.25, -0.2) is 17.5 Å². The zero-order valence-electron chi connectivity index (χ0n) is 12.5. The van der Waals surface area contributed by atoms with E-state index in [1.165, 1.54) is 6.07 Å². The summed E-state index contributed by atoms with van der Waals surface area (Å²) in [6.07, 6.45) is 0.991. The summed E-state index contributed by atoms with van der Waals surface area (Å²) >= 11 is 5.61. The summed E-state index contributed by atoms with van der Waals surface area (Å²) in [5.74, 6) is -1.82. The van der Waals surface area contributed by atoms with Gasteiger partial charge in [0.2, 0.25) is 10.0 Å². The van der Waals surface area contributed by atoms with Gasteiger partial charge in [-0.15, -0.1) is 0 Å². The van der Waals surface area contributed by atoms with E-state index < -0.39 is 26.7 Å². The van der Waals surface area contributed by atoms with E-state index in [1.54, 1.807) is 4.90 Å². The largest absolute Gasteiger partial charge is 0.480 e. The van der Waals surface area contributed by atoms with Crippen molar-refractivity contribution in [2.75, 3.05) is 13.1 Å². The number of rotatable bonds is 7. The molecule has 0 spiro atoms. The van der Waals surface area contributed by atoms with Crippen molar-refractivity contribution >= 4 is 27.6 Å². The number of likely N-dealkylation sites (N-methyl/N-ethyl adjacent to an activating group) is 1. The topological polar surface area (TPSA) is 86.7 Å². The Morgan fingerprint density at radius 3 is 2.65 bits per heavy atom. The lowest BCUT2D eigenvalue weighted by molar-refractivity contribution is -0.139. The molecule has 0 aromatic heterocycles. The van der Waals surface area contributed by atoms with E-state index in [0.29, 0.717) is 19.4 Å². The van der Waals surface area contributed by atoms with Gasteiger partial charge in [-0.05, 0) is 37.6 Å². The molecule has 0 heterocycles. The molecular formula is C14H18ClFN2O4S. The maximum atomic E-state index is 13.7. The van der Waals surface area contributed by atoms with Crippen molar-refractivity contribution in [2.45, 2.75) is 36.7 Å². The second kappa shape index (κ2) is 7.12. The van der Waals surface area contributed by atoms with Crippen molar-refractivity contribution in [3.63, 3.8) is 0 Å². The van der Waals surface area contributed by atoms with Gasteiger partial charge < -0.3 is 5.11 Å². The number of benzene rings is 1. The third-order valence-electron chi connectivity index (χ3n) is 3.88. The Labute approximate surface area is 139 Å². The molecular weight excluding hydrogens is 347 g/mol. The van der Waals surface area contributed by atoms with Gasteiger partial charge in [-0.2, -0.15) is 0 Å². The molecule has 1 saturated carbocycles. The van der Waals surface area contributed by atoms with Crippen LogP contribution in [0.25, 0.3) is 0 Å². The van der Waals surface area contributed by atoms with Gasteiger partial charge in [-0.1, -0.05) is 18.5 Å². The van der Waals surface area contributed by atoms with Crippen molar-refractivity contribution in [2.24, 2.45) is 0 Å². The molecule has 0 radical (unpaired) electrons. The number of carboxylic acid groups (broad SMARTS) is 1. The molecule has 1 aromatic rings. The Morgan fingerprint density at radius 1 is 1.48 bits per heavy atom. The first-order valence-corrected chi connectivity index (χ1v) is 9.02. The number of carboxylic acids is 1. The summed E-state index contributed by atoms with van der Waals surface area (Å²) in [6.45, 7) is 2.35. The Bertz CT molecular complexity index is 692. The Balaban J connectivity index is 1.97. The summed E-state index contributed by atoms with van der Waals surface area (Å²) in [4.78, 5) is 12.1. The molecule has 0 bridgehead atoms. The Kier molecular flexibility index (Phi) is 5.61. The lowest BCUT2D eigenvalue weighted by atomic mass is 9.86. The highest BCUT2D eigenvalue weighted by molar-refractivity contribution is 7.89. The summed E-state index contributed by atoms with van der Waals surface area (Å²) in [6, 6.07) is 3.07. The van der Waals surface area contributed by atoms with Crippen LogP contribution in [0.3, 0.4) is 0 Å². The van der Waals surface area contributed by atoms with Crippen LogP contribution < -0.4 is 4.72 Å². The molecule has 0 atom stereocenters. The summed E-state index contributed by atoms with van der Waals surface area (Å²) in [5, 5.41) is 8.95. The van der Waals surface area contributed by atoms with Crippen LogP contribution in [0.5, 0.6) is 0 Å². The molecule has 0 saturated heterocycles. The van der Waals surface area contributed by atoms with Crippen LogP contribution in [0.15, 0.2) is 23.1 Å². The molecule has 1 fully saturated rings. The molecule has 2 rings (SSSR count). The second-order valence-electron chi connectivity index (χ2n) is 5.48. The number of hydrogen-bond donors (Lipinski definition) is 2. The van der Waals surface area contributed by atoms with Crippen LogP contribution in [-0.2, 0) is 14.8 Å². The van der Waals surface area contributed by atoms with E-state index >= 15 is 0 Å². The average molecular weight is 365 g/mol. The van der Waals surface area contributed by atoms with E-state index in [1.807, 2.05) is 6.92 Å². The lowest BCUT2D eigenvalue weighted by Gasteiger charge is -2.42. The molecule has 0 aliphatic heterocycles. The second-order valence-corrected chi connectivity index (χ2v) is 7.59. The zero-order chi connectivity index (χ0) is 17.2. The van der Waals surface area contributed by atoms with Gasteiger partial charge >= 0.3 is 5.97 Å². The highest BCUT2D eigenvalue weighted by atomic mass is 35.5. The molecule has 0 unspecified atom stereocenters. The Hall–Kier alpha value is -1.22. The van der Waals surface area contributed by atoms with Crippen LogP contribution in [0.2, 0.25) is 5.02 Å². The molecule has 1 aliphatic rings. The first-order valence-electron chi connectivity index (χ1n) is 7.16. The highest BCUT2D eigenvalue weighted by Gasteiger charge is 2.36. The quantitative estimate of drug-likeness (QED) is 0.769. The van der Waals surface area contributed by atoms with Crippen LogP contribution in [0, 0.1) is 5.82 Å². The van der Waals surface area contributed by atoms with Gasteiger partial charge in [-0.3, -0.25) is 9.69 Å². The molecule has 9 heteroatoms. The van der Waals surface area contributed by atoms with Gasteiger partial charge in [0.25, 0.3) is 0 Å². The third-order valence-corrected chi connectivity index (χ3v) is 5.67. The fourth-order valence-electron chi connectivity index (χ4n) is 2.63.